The van der Waals surface area contributed by atoms with Gasteiger partial charge in [-0.15, -0.1) is 0 Å². The minimum Gasteiger partial charge on any atom is -0.326 e. The molecular formula is C13H11ClFIN2O2S. The lowest BCUT2D eigenvalue weighted by atomic mass is 10.2. The third-order valence-corrected chi connectivity index (χ3v) is 5.07. The third kappa shape index (κ3) is 3.85. The molecule has 2 aromatic carbocycles. The minimum absolute atomic E-state index is 0.0704. The van der Waals surface area contributed by atoms with Crippen LogP contribution in [-0.4, -0.2) is 8.42 Å². The molecule has 0 fully saturated rings. The van der Waals surface area contributed by atoms with E-state index in [1.807, 2.05) is 0 Å². The van der Waals surface area contributed by atoms with Crippen LogP contribution in [0, 0.1) is 9.39 Å². The van der Waals surface area contributed by atoms with Crippen molar-refractivity contribution in [3.63, 3.8) is 0 Å². The average molecular weight is 441 g/mol. The normalized spacial score (nSPS) is 11.4. The summed E-state index contributed by atoms with van der Waals surface area (Å²) in [6.45, 7) is -0.0838. The Labute approximate surface area is 140 Å². The van der Waals surface area contributed by atoms with Crippen LogP contribution in [0.2, 0.25) is 5.02 Å². The smallest absolute Gasteiger partial charge is 0.261 e. The summed E-state index contributed by atoms with van der Waals surface area (Å²) in [7, 11) is -3.86. The van der Waals surface area contributed by atoms with Crippen molar-refractivity contribution in [2.75, 3.05) is 4.72 Å². The predicted octanol–water partition coefficient (Wildman–Crippen LogP) is 3.34. The first-order valence-corrected chi connectivity index (χ1v) is 8.74. The Morgan fingerprint density at radius 3 is 2.57 bits per heavy atom. The quantitative estimate of drug-likeness (QED) is 0.716. The Kier molecular flexibility index (Phi) is 5.07. The van der Waals surface area contributed by atoms with Gasteiger partial charge >= 0.3 is 0 Å². The zero-order chi connectivity index (χ0) is 15.6. The number of hydrogen-bond acceptors (Lipinski definition) is 3. The third-order valence-electron chi connectivity index (χ3n) is 2.72. The van der Waals surface area contributed by atoms with E-state index in [-0.39, 0.29) is 27.7 Å². The van der Waals surface area contributed by atoms with Crippen molar-refractivity contribution >= 4 is 49.9 Å². The number of rotatable bonds is 4. The fourth-order valence-electron chi connectivity index (χ4n) is 1.65. The molecule has 0 aromatic heterocycles. The number of nitrogens with one attached hydrogen (secondary N) is 1. The monoisotopic (exact) mass is 440 g/mol. The maximum absolute atomic E-state index is 13.4. The number of benzene rings is 2. The van der Waals surface area contributed by atoms with Crippen molar-refractivity contribution in [1.29, 1.82) is 0 Å². The van der Waals surface area contributed by atoms with E-state index in [1.54, 1.807) is 18.2 Å². The molecule has 0 saturated carbocycles. The maximum atomic E-state index is 13.4. The number of sulfonamides is 1. The molecule has 8 heteroatoms. The Hall–Kier alpha value is -0.900. The van der Waals surface area contributed by atoms with E-state index in [0.29, 0.717) is 0 Å². The van der Waals surface area contributed by atoms with Crippen molar-refractivity contribution in [3.05, 3.63) is 56.4 Å². The van der Waals surface area contributed by atoms with Crippen LogP contribution in [0.5, 0.6) is 0 Å². The van der Waals surface area contributed by atoms with E-state index in [4.69, 9.17) is 17.3 Å². The molecule has 2 aromatic rings. The number of hydrogen-bond donors (Lipinski definition) is 2. The van der Waals surface area contributed by atoms with E-state index in [1.165, 1.54) is 12.1 Å². The van der Waals surface area contributed by atoms with Crippen molar-refractivity contribution in [3.8, 4) is 0 Å². The number of anilines is 1. The molecule has 0 radical (unpaired) electrons. The van der Waals surface area contributed by atoms with Crippen LogP contribution in [0.4, 0.5) is 10.1 Å². The highest BCUT2D eigenvalue weighted by atomic mass is 127. The highest BCUT2D eigenvalue weighted by Crippen LogP contribution is 2.26. The van der Waals surface area contributed by atoms with Gasteiger partial charge in [-0.3, -0.25) is 4.72 Å². The van der Waals surface area contributed by atoms with Crippen LogP contribution < -0.4 is 10.5 Å². The zero-order valence-electron chi connectivity index (χ0n) is 10.6. The molecule has 0 spiro atoms. The summed E-state index contributed by atoms with van der Waals surface area (Å²) in [6, 6.07) is 8.38. The second-order valence-corrected chi connectivity index (χ2v) is 7.52. The Bertz CT molecular complexity index is 784. The Morgan fingerprint density at radius 1 is 1.24 bits per heavy atom. The largest absolute Gasteiger partial charge is 0.326 e. The van der Waals surface area contributed by atoms with Crippen LogP contribution in [0.25, 0.3) is 0 Å². The van der Waals surface area contributed by atoms with E-state index in [2.05, 4.69) is 27.3 Å². The fourth-order valence-corrected chi connectivity index (χ4v) is 3.74. The second kappa shape index (κ2) is 6.47. The summed E-state index contributed by atoms with van der Waals surface area (Å²) in [4.78, 5) is -0.0704. The second-order valence-electron chi connectivity index (χ2n) is 4.19. The maximum Gasteiger partial charge on any atom is 0.261 e. The minimum atomic E-state index is -3.86. The zero-order valence-corrected chi connectivity index (χ0v) is 14.3. The van der Waals surface area contributed by atoms with E-state index >= 15 is 0 Å². The van der Waals surface area contributed by atoms with Gasteiger partial charge in [0.15, 0.2) is 0 Å². The van der Waals surface area contributed by atoms with Gasteiger partial charge in [-0.1, -0.05) is 11.6 Å². The molecule has 2 rings (SSSR count). The molecule has 0 amide bonds. The summed E-state index contributed by atoms with van der Waals surface area (Å²) in [5.74, 6) is -0.538. The van der Waals surface area contributed by atoms with Gasteiger partial charge < -0.3 is 5.73 Å². The number of nitrogens with two attached hydrogens (primary N) is 1. The van der Waals surface area contributed by atoms with E-state index in [0.717, 1.165) is 9.64 Å². The highest BCUT2D eigenvalue weighted by molar-refractivity contribution is 14.1. The molecular weight excluding hydrogens is 430 g/mol. The molecule has 0 unspecified atom stereocenters. The first-order chi connectivity index (χ1) is 9.83. The summed E-state index contributed by atoms with van der Waals surface area (Å²) in [5.41, 5.74) is 5.77. The molecule has 0 aliphatic rings. The number of halogens is 3. The molecule has 4 nitrogen and oxygen atoms in total. The Balaban J connectivity index is 2.38. The lowest BCUT2D eigenvalue weighted by Gasteiger charge is -2.11. The van der Waals surface area contributed by atoms with Gasteiger partial charge in [-0.2, -0.15) is 0 Å². The summed E-state index contributed by atoms with van der Waals surface area (Å²) in [5, 5.41) is 0.284. The lowest BCUT2D eigenvalue weighted by Crippen LogP contribution is -2.14. The van der Waals surface area contributed by atoms with Crippen LogP contribution in [0.1, 0.15) is 5.56 Å². The molecule has 0 saturated heterocycles. The summed E-state index contributed by atoms with van der Waals surface area (Å²) >= 11 is 8.06. The molecule has 21 heavy (non-hydrogen) atoms. The van der Waals surface area contributed by atoms with Crippen LogP contribution in [0.3, 0.4) is 0 Å². The predicted molar refractivity (Wildman–Crippen MR) is 89.3 cm³/mol. The van der Waals surface area contributed by atoms with Gasteiger partial charge in [0, 0.05) is 15.7 Å². The van der Waals surface area contributed by atoms with Gasteiger partial charge in [-0.05, 0) is 59.0 Å². The van der Waals surface area contributed by atoms with Crippen molar-refractivity contribution in [1.82, 2.24) is 0 Å². The SMILES string of the molecule is NCc1cc(S(=O)(=O)Nc2ccc(I)cc2Cl)ccc1F. The van der Waals surface area contributed by atoms with Gasteiger partial charge in [-0.25, -0.2) is 12.8 Å². The van der Waals surface area contributed by atoms with Gasteiger partial charge in [0.05, 0.1) is 15.6 Å². The van der Waals surface area contributed by atoms with Crippen LogP contribution >= 0.6 is 34.2 Å². The highest BCUT2D eigenvalue weighted by Gasteiger charge is 2.17. The fraction of sp³-hybridized carbons (Fsp3) is 0.0769. The van der Waals surface area contributed by atoms with E-state index < -0.39 is 15.8 Å². The molecule has 0 aliphatic carbocycles. The van der Waals surface area contributed by atoms with Crippen LogP contribution in [0.15, 0.2) is 41.3 Å². The molecule has 3 N–H and O–H groups in total. The first kappa shape index (κ1) is 16.5. The molecule has 0 bridgehead atoms. The van der Waals surface area contributed by atoms with Gasteiger partial charge in [0.1, 0.15) is 5.82 Å². The summed E-state index contributed by atoms with van der Waals surface area (Å²) in [6.07, 6.45) is 0. The summed E-state index contributed by atoms with van der Waals surface area (Å²) < 4.78 is 41.2. The van der Waals surface area contributed by atoms with Crippen molar-refractivity contribution in [2.45, 2.75) is 11.4 Å². The van der Waals surface area contributed by atoms with Crippen molar-refractivity contribution in [2.24, 2.45) is 5.73 Å². The molecule has 0 atom stereocenters. The topological polar surface area (TPSA) is 72.2 Å². The van der Waals surface area contributed by atoms with Crippen molar-refractivity contribution < 1.29 is 12.8 Å². The van der Waals surface area contributed by atoms with E-state index in [9.17, 15) is 12.8 Å². The first-order valence-electron chi connectivity index (χ1n) is 5.80. The lowest BCUT2D eigenvalue weighted by molar-refractivity contribution is 0.596. The standard InChI is InChI=1S/C13H11ClFIN2O2S/c14-11-6-9(16)1-4-13(11)18-21(19,20)10-2-3-12(15)8(5-10)7-17/h1-6,18H,7,17H2. The molecule has 112 valence electrons. The Morgan fingerprint density at radius 2 is 1.95 bits per heavy atom. The van der Waals surface area contributed by atoms with Crippen LogP contribution in [-0.2, 0) is 16.6 Å². The molecule has 0 aliphatic heterocycles. The average Bonchev–Trinajstić information content (AvgIpc) is 2.42. The van der Waals surface area contributed by atoms with Gasteiger partial charge in [0.25, 0.3) is 10.0 Å². The molecule has 0 heterocycles. The van der Waals surface area contributed by atoms with Gasteiger partial charge in [0.2, 0.25) is 0 Å².